The number of carbonyl (C=O) groups excluding carboxylic acids is 1. The van der Waals surface area contributed by atoms with Gasteiger partial charge >= 0.3 is 5.97 Å². The number of carbonyl (C=O) groups is 1. The van der Waals surface area contributed by atoms with Gasteiger partial charge in [-0.1, -0.05) is 32.0 Å². The van der Waals surface area contributed by atoms with E-state index in [9.17, 15) is 4.79 Å². The van der Waals surface area contributed by atoms with Crippen LogP contribution in [0.4, 0.5) is 5.69 Å². The van der Waals surface area contributed by atoms with Crippen molar-refractivity contribution in [2.45, 2.75) is 26.7 Å². The molecule has 0 aliphatic heterocycles. The largest absolute Gasteiger partial charge is 0.464 e. The third-order valence-corrected chi connectivity index (χ3v) is 4.51. The molecule has 0 atom stereocenters. The van der Waals surface area contributed by atoms with Crippen molar-refractivity contribution in [2.24, 2.45) is 12.1 Å². The van der Waals surface area contributed by atoms with Gasteiger partial charge in [0.15, 0.2) is 5.58 Å². The summed E-state index contributed by atoms with van der Waals surface area (Å²) in [6, 6.07) is 9.80. The molecule has 0 aliphatic carbocycles. The Kier molecular flexibility index (Phi) is 5.11. The fourth-order valence-electron chi connectivity index (χ4n) is 3.04. The average Bonchev–Trinajstić information content (AvgIpc) is 3.20. The first kappa shape index (κ1) is 17.8. The van der Waals surface area contributed by atoms with Crippen LogP contribution >= 0.6 is 0 Å². The van der Waals surface area contributed by atoms with Gasteiger partial charge < -0.3 is 13.7 Å². The van der Waals surface area contributed by atoms with Crippen molar-refractivity contribution in [2.75, 3.05) is 12.5 Å². The minimum atomic E-state index is -0.390. The first-order chi connectivity index (χ1) is 12.6. The number of benzene rings is 1. The van der Waals surface area contributed by atoms with E-state index < -0.39 is 0 Å². The summed E-state index contributed by atoms with van der Waals surface area (Å²) < 4.78 is 12.3. The molecule has 1 aromatic carbocycles. The molecule has 0 fully saturated rings. The summed E-state index contributed by atoms with van der Waals surface area (Å²) in [5.74, 6) is 0.223. The second kappa shape index (κ2) is 7.47. The standard InChI is InChI=1S/C20H23N3O3/c1-5-13-8-7-9-14(6-2)19(13)22-21-12-15-10-16-18(26-15)11-17(23(16)3)20(24)25-4/h7-12,22H,5-6H2,1-4H3/b21-12+. The second-order valence-corrected chi connectivity index (χ2v) is 6.01. The summed E-state index contributed by atoms with van der Waals surface area (Å²) in [7, 11) is 3.16. The molecule has 0 unspecified atom stereocenters. The summed E-state index contributed by atoms with van der Waals surface area (Å²) >= 11 is 0. The van der Waals surface area contributed by atoms with Crippen LogP contribution in [-0.4, -0.2) is 23.9 Å². The number of ether oxygens (including phenoxy) is 1. The molecule has 0 bridgehead atoms. The summed E-state index contributed by atoms with van der Waals surface area (Å²) in [5.41, 5.74) is 8.55. The molecule has 2 heterocycles. The molecule has 1 N–H and O–H groups in total. The Morgan fingerprint density at radius 3 is 2.54 bits per heavy atom. The van der Waals surface area contributed by atoms with E-state index >= 15 is 0 Å². The third kappa shape index (κ3) is 3.22. The molecular weight excluding hydrogens is 330 g/mol. The third-order valence-electron chi connectivity index (χ3n) is 4.51. The number of rotatable bonds is 6. The molecule has 136 valence electrons. The van der Waals surface area contributed by atoms with Crippen LogP contribution < -0.4 is 5.43 Å². The lowest BCUT2D eigenvalue weighted by atomic mass is 10.0. The molecular formula is C20H23N3O3. The first-order valence-electron chi connectivity index (χ1n) is 8.66. The summed E-state index contributed by atoms with van der Waals surface area (Å²) in [4.78, 5) is 11.7. The van der Waals surface area contributed by atoms with Gasteiger partial charge in [0, 0.05) is 19.2 Å². The summed E-state index contributed by atoms with van der Waals surface area (Å²) in [5, 5.41) is 4.34. The van der Waals surface area contributed by atoms with Crippen molar-refractivity contribution in [3.63, 3.8) is 0 Å². The highest BCUT2D eigenvalue weighted by molar-refractivity contribution is 5.95. The van der Waals surface area contributed by atoms with E-state index in [1.54, 1.807) is 23.9 Å². The number of hydrazone groups is 1. The molecule has 0 amide bonds. The molecule has 6 heteroatoms. The Hall–Kier alpha value is -3.02. The topological polar surface area (TPSA) is 68.8 Å². The average molecular weight is 353 g/mol. The summed E-state index contributed by atoms with van der Waals surface area (Å²) in [6.45, 7) is 4.25. The number of esters is 1. The SMILES string of the molecule is CCc1cccc(CC)c1N/N=C/c1cc2c(cc(C(=O)OC)n2C)o1. The van der Waals surface area contributed by atoms with E-state index in [2.05, 4.69) is 42.6 Å². The van der Waals surface area contributed by atoms with Gasteiger partial charge in [0.2, 0.25) is 0 Å². The molecule has 6 nitrogen and oxygen atoms in total. The Morgan fingerprint density at radius 2 is 1.96 bits per heavy atom. The van der Waals surface area contributed by atoms with Gasteiger partial charge in [-0.05, 0) is 24.0 Å². The lowest BCUT2D eigenvalue weighted by Crippen LogP contribution is -2.06. The van der Waals surface area contributed by atoms with Crippen molar-refractivity contribution in [1.29, 1.82) is 0 Å². The zero-order chi connectivity index (χ0) is 18.7. The van der Waals surface area contributed by atoms with Crippen LogP contribution in [0, 0.1) is 0 Å². The van der Waals surface area contributed by atoms with Crippen LogP contribution in [0.1, 0.15) is 41.2 Å². The fraction of sp³-hybridized carbons (Fsp3) is 0.300. The Bertz CT molecular complexity index is 944. The van der Waals surface area contributed by atoms with Crippen molar-refractivity contribution < 1.29 is 13.9 Å². The van der Waals surface area contributed by atoms with Gasteiger partial charge in [0.25, 0.3) is 0 Å². The Labute approximate surface area is 152 Å². The predicted molar refractivity (Wildman–Crippen MR) is 103 cm³/mol. The quantitative estimate of drug-likeness (QED) is 0.411. The zero-order valence-corrected chi connectivity index (χ0v) is 15.5. The first-order valence-corrected chi connectivity index (χ1v) is 8.66. The maximum Gasteiger partial charge on any atom is 0.354 e. The predicted octanol–water partition coefficient (Wildman–Crippen LogP) is 4.13. The molecule has 3 rings (SSSR count). The van der Waals surface area contributed by atoms with E-state index in [-0.39, 0.29) is 5.97 Å². The van der Waals surface area contributed by atoms with Crippen LogP contribution in [0.5, 0.6) is 0 Å². The van der Waals surface area contributed by atoms with E-state index in [4.69, 9.17) is 9.15 Å². The number of aromatic nitrogens is 1. The Balaban J connectivity index is 1.83. The van der Waals surface area contributed by atoms with Crippen molar-refractivity contribution in [1.82, 2.24) is 4.57 Å². The number of hydrogen-bond acceptors (Lipinski definition) is 5. The maximum absolute atomic E-state index is 11.7. The van der Waals surface area contributed by atoms with E-state index in [1.165, 1.54) is 18.2 Å². The molecule has 0 radical (unpaired) electrons. The number of fused-ring (bicyclic) bond motifs is 1. The van der Waals surface area contributed by atoms with Crippen molar-refractivity contribution >= 4 is 29.0 Å². The summed E-state index contributed by atoms with van der Waals surface area (Å²) in [6.07, 6.45) is 3.52. The lowest BCUT2D eigenvalue weighted by molar-refractivity contribution is 0.0590. The second-order valence-electron chi connectivity index (χ2n) is 6.01. The number of hydrogen-bond donors (Lipinski definition) is 1. The molecule has 0 spiro atoms. The monoisotopic (exact) mass is 353 g/mol. The number of para-hydroxylation sites is 1. The number of aryl methyl sites for hydroxylation is 3. The van der Waals surface area contributed by atoms with Gasteiger partial charge in [-0.25, -0.2) is 4.79 Å². The number of nitrogens with one attached hydrogen (secondary N) is 1. The van der Waals surface area contributed by atoms with Crippen LogP contribution in [-0.2, 0) is 24.6 Å². The number of nitrogens with zero attached hydrogens (tertiary/aromatic N) is 2. The van der Waals surface area contributed by atoms with Gasteiger partial charge in [-0.3, -0.25) is 5.43 Å². The van der Waals surface area contributed by atoms with Crippen molar-refractivity contribution in [3.8, 4) is 0 Å². The molecule has 0 saturated heterocycles. The van der Waals surface area contributed by atoms with Crippen molar-refractivity contribution in [3.05, 3.63) is 52.9 Å². The van der Waals surface area contributed by atoms with Gasteiger partial charge in [0.1, 0.15) is 11.5 Å². The molecule has 0 saturated carbocycles. The number of furan rings is 1. The van der Waals surface area contributed by atoms with Crippen LogP contribution in [0.2, 0.25) is 0 Å². The number of anilines is 1. The molecule has 2 aromatic heterocycles. The lowest BCUT2D eigenvalue weighted by Gasteiger charge is -2.11. The smallest absolute Gasteiger partial charge is 0.354 e. The fourth-order valence-corrected chi connectivity index (χ4v) is 3.04. The minimum Gasteiger partial charge on any atom is -0.464 e. The molecule has 26 heavy (non-hydrogen) atoms. The maximum atomic E-state index is 11.7. The molecule has 3 aromatic rings. The number of methoxy groups -OCH3 is 1. The van der Waals surface area contributed by atoms with Gasteiger partial charge in [-0.2, -0.15) is 5.10 Å². The molecule has 0 aliphatic rings. The minimum absolute atomic E-state index is 0.390. The van der Waals surface area contributed by atoms with Gasteiger partial charge in [0.05, 0.1) is 24.5 Å². The zero-order valence-electron chi connectivity index (χ0n) is 15.5. The highest BCUT2D eigenvalue weighted by atomic mass is 16.5. The Morgan fingerprint density at radius 1 is 1.27 bits per heavy atom. The normalized spacial score (nSPS) is 11.4. The van der Waals surface area contributed by atoms with E-state index in [0.717, 1.165) is 24.0 Å². The highest BCUT2D eigenvalue weighted by Crippen LogP contribution is 2.24. The van der Waals surface area contributed by atoms with E-state index in [1.807, 2.05) is 6.07 Å². The van der Waals surface area contributed by atoms with Crippen LogP contribution in [0.3, 0.4) is 0 Å². The van der Waals surface area contributed by atoms with Gasteiger partial charge in [-0.15, -0.1) is 0 Å². The van der Waals surface area contributed by atoms with Crippen LogP contribution in [0.25, 0.3) is 11.1 Å². The van der Waals surface area contributed by atoms with E-state index in [0.29, 0.717) is 17.0 Å². The van der Waals surface area contributed by atoms with Crippen LogP contribution in [0.15, 0.2) is 39.9 Å². The highest BCUT2D eigenvalue weighted by Gasteiger charge is 2.16.